The Bertz CT molecular complexity index is 192. The minimum Gasteiger partial charge on any atom is -0.462 e. The average molecular weight is 189 g/mol. The van der Waals surface area contributed by atoms with Crippen molar-refractivity contribution in [2.45, 2.75) is 32.9 Å². The second kappa shape index (κ2) is 6.46. The number of rotatable bonds is 5. The summed E-state index contributed by atoms with van der Waals surface area (Å²) in [6, 6.07) is 0. The first-order chi connectivity index (χ1) is 6.11. The lowest BCUT2D eigenvalue weighted by molar-refractivity contribution is -0.137. The quantitative estimate of drug-likeness (QED) is 0.527. The SMILES string of the molecule is CCCOC(=O)C=C(N)C(F)CC. The normalized spacial score (nSPS) is 13.9. The van der Waals surface area contributed by atoms with E-state index in [0.29, 0.717) is 6.61 Å². The Balaban J connectivity index is 3.98. The van der Waals surface area contributed by atoms with Gasteiger partial charge < -0.3 is 10.5 Å². The zero-order valence-electron chi connectivity index (χ0n) is 8.05. The largest absolute Gasteiger partial charge is 0.462 e. The fourth-order valence-corrected chi connectivity index (χ4v) is 0.707. The van der Waals surface area contributed by atoms with Crippen molar-refractivity contribution in [1.82, 2.24) is 0 Å². The fraction of sp³-hybridized carbons (Fsp3) is 0.667. The van der Waals surface area contributed by atoms with Crippen molar-refractivity contribution in [1.29, 1.82) is 0 Å². The number of allylic oxidation sites excluding steroid dienone is 1. The van der Waals surface area contributed by atoms with Crippen LogP contribution in [0.15, 0.2) is 11.8 Å². The van der Waals surface area contributed by atoms with Crippen LogP contribution in [0.5, 0.6) is 0 Å². The number of hydrogen-bond acceptors (Lipinski definition) is 3. The summed E-state index contributed by atoms with van der Waals surface area (Å²) in [6.07, 6.45) is 0.758. The van der Waals surface area contributed by atoms with Gasteiger partial charge in [-0.1, -0.05) is 13.8 Å². The number of halogens is 1. The van der Waals surface area contributed by atoms with E-state index in [1.807, 2.05) is 6.92 Å². The first-order valence-electron chi connectivity index (χ1n) is 4.39. The van der Waals surface area contributed by atoms with E-state index >= 15 is 0 Å². The zero-order valence-corrected chi connectivity index (χ0v) is 8.05. The van der Waals surface area contributed by atoms with Crippen LogP contribution >= 0.6 is 0 Å². The first-order valence-corrected chi connectivity index (χ1v) is 4.39. The number of carbonyl (C=O) groups excluding carboxylic acids is 1. The van der Waals surface area contributed by atoms with Gasteiger partial charge in [0.2, 0.25) is 0 Å². The van der Waals surface area contributed by atoms with Gasteiger partial charge in [0.1, 0.15) is 6.17 Å². The number of hydrogen-bond donors (Lipinski definition) is 1. The third-order valence-electron chi connectivity index (χ3n) is 1.45. The van der Waals surface area contributed by atoms with E-state index in [1.54, 1.807) is 6.92 Å². The van der Waals surface area contributed by atoms with Gasteiger partial charge in [0.15, 0.2) is 0 Å². The summed E-state index contributed by atoms with van der Waals surface area (Å²) < 4.78 is 17.5. The minimum atomic E-state index is -1.26. The molecule has 0 aromatic rings. The molecule has 0 spiro atoms. The standard InChI is InChI=1S/C9H16FNO2/c1-3-5-13-9(12)6-8(11)7(10)4-2/h6-7H,3-5,11H2,1-2H3. The van der Waals surface area contributed by atoms with Gasteiger partial charge >= 0.3 is 5.97 Å². The molecule has 2 N–H and O–H groups in total. The van der Waals surface area contributed by atoms with E-state index in [0.717, 1.165) is 12.5 Å². The van der Waals surface area contributed by atoms with Gasteiger partial charge in [-0.3, -0.25) is 0 Å². The third kappa shape index (κ3) is 5.22. The molecule has 4 heteroatoms. The van der Waals surface area contributed by atoms with E-state index < -0.39 is 12.1 Å². The molecule has 13 heavy (non-hydrogen) atoms. The van der Waals surface area contributed by atoms with Crippen LogP contribution in [-0.2, 0) is 9.53 Å². The molecule has 0 aromatic carbocycles. The van der Waals surface area contributed by atoms with E-state index in [4.69, 9.17) is 10.5 Å². The summed E-state index contributed by atoms with van der Waals surface area (Å²) in [4.78, 5) is 10.9. The molecule has 76 valence electrons. The molecule has 0 aliphatic carbocycles. The molecule has 1 unspecified atom stereocenters. The van der Waals surface area contributed by atoms with Gasteiger partial charge in [-0.2, -0.15) is 0 Å². The van der Waals surface area contributed by atoms with Crippen LogP contribution in [0.3, 0.4) is 0 Å². The molecule has 0 bridgehead atoms. The van der Waals surface area contributed by atoms with Gasteiger partial charge in [-0.25, -0.2) is 9.18 Å². The van der Waals surface area contributed by atoms with Crippen molar-refractivity contribution in [3.63, 3.8) is 0 Å². The van der Waals surface area contributed by atoms with Crippen LogP contribution in [0, 0.1) is 0 Å². The van der Waals surface area contributed by atoms with Gasteiger partial charge in [0, 0.05) is 6.08 Å². The van der Waals surface area contributed by atoms with Gasteiger partial charge in [0.05, 0.1) is 12.3 Å². The Kier molecular flexibility index (Phi) is 5.93. The van der Waals surface area contributed by atoms with Crippen molar-refractivity contribution >= 4 is 5.97 Å². The molecule has 0 amide bonds. The van der Waals surface area contributed by atoms with E-state index in [9.17, 15) is 9.18 Å². The molecule has 0 radical (unpaired) electrons. The van der Waals surface area contributed by atoms with Crippen LogP contribution in [-0.4, -0.2) is 18.7 Å². The molecule has 1 atom stereocenters. The Morgan fingerprint density at radius 3 is 2.69 bits per heavy atom. The monoisotopic (exact) mass is 189 g/mol. The van der Waals surface area contributed by atoms with Crippen molar-refractivity contribution in [2.24, 2.45) is 5.73 Å². The maximum Gasteiger partial charge on any atom is 0.332 e. The molecule has 0 saturated carbocycles. The lowest BCUT2D eigenvalue weighted by Gasteiger charge is -2.04. The summed E-state index contributed by atoms with van der Waals surface area (Å²) in [6.45, 7) is 3.87. The molecule has 0 aromatic heterocycles. The summed E-state index contributed by atoms with van der Waals surface area (Å²) in [5.41, 5.74) is 5.22. The highest BCUT2D eigenvalue weighted by Gasteiger charge is 2.08. The molecule has 0 rings (SSSR count). The molecule has 0 aliphatic rings. The molecule has 3 nitrogen and oxygen atoms in total. The molecule has 0 fully saturated rings. The smallest absolute Gasteiger partial charge is 0.332 e. The topological polar surface area (TPSA) is 52.3 Å². The minimum absolute atomic E-state index is 0.0661. The van der Waals surface area contributed by atoms with Gasteiger partial charge in [-0.15, -0.1) is 0 Å². The molecule has 0 heterocycles. The van der Waals surface area contributed by atoms with Crippen LogP contribution < -0.4 is 5.73 Å². The van der Waals surface area contributed by atoms with Crippen molar-refractivity contribution in [3.05, 3.63) is 11.8 Å². The Morgan fingerprint density at radius 1 is 1.62 bits per heavy atom. The number of carbonyl (C=O) groups is 1. The lowest BCUT2D eigenvalue weighted by atomic mass is 10.2. The third-order valence-corrected chi connectivity index (χ3v) is 1.45. The van der Waals surface area contributed by atoms with E-state index in [1.165, 1.54) is 0 Å². The molecule has 0 saturated heterocycles. The lowest BCUT2D eigenvalue weighted by Crippen LogP contribution is -2.15. The number of esters is 1. The zero-order chi connectivity index (χ0) is 10.3. The number of alkyl halides is 1. The van der Waals surface area contributed by atoms with Crippen LogP contribution in [0.25, 0.3) is 0 Å². The van der Waals surface area contributed by atoms with E-state index in [2.05, 4.69) is 0 Å². The highest BCUT2D eigenvalue weighted by molar-refractivity contribution is 5.82. The van der Waals surface area contributed by atoms with Crippen molar-refractivity contribution < 1.29 is 13.9 Å². The Hall–Kier alpha value is -1.06. The summed E-state index contributed by atoms with van der Waals surface area (Å²) >= 11 is 0. The van der Waals surface area contributed by atoms with Gasteiger partial charge in [-0.05, 0) is 12.8 Å². The summed E-state index contributed by atoms with van der Waals surface area (Å²) in [5.74, 6) is -0.574. The van der Waals surface area contributed by atoms with Crippen LogP contribution in [0.4, 0.5) is 4.39 Å². The van der Waals surface area contributed by atoms with Crippen LogP contribution in [0.2, 0.25) is 0 Å². The van der Waals surface area contributed by atoms with Crippen molar-refractivity contribution in [3.8, 4) is 0 Å². The average Bonchev–Trinajstić information content (AvgIpc) is 2.13. The van der Waals surface area contributed by atoms with Gasteiger partial charge in [0.25, 0.3) is 0 Å². The highest BCUT2D eigenvalue weighted by Crippen LogP contribution is 2.04. The highest BCUT2D eigenvalue weighted by atomic mass is 19.1. The van der Waals surface area contributed by atoms with Crippen LogP contribution in [0.1, 0.15) is 26.7 Å². The predicted octanol–water partition coefficient (Wildman–Crippen LogP) is 1.53. The first kappa shape index (κ1) is 11.9. The number of ether oxygens (including phenoxy) is 1. The second-order valence-corrected chi connectivity index (χ2v) is 2.69. The van der Waals surface area contributed by atoms with E-state index in [-0.39, 0.29) is 12.1 Å². The Labute approximate surface area is 77.7 Å². The van der Waals surface area contributed by atoms with Crippen molar-refractivity contribution in [2.75, 3.05) is 6.61 Å². The Morgan fingerprint density at radius 2 is 2.23 bits per heavy atom. The molecular formula is C9H16FNO2. The number of nitrogens with two attached hydrogens (primary N) is 1. The molecule has 0 aliphatic heterocycles. The maximum absolute atomic E-state index is 12.8. The predicted molar refractivity (Wildman–Crippen MR) is 48.7 cm³/mol. The fourth-order valence-electron chi connectivity index (χ4n) is 0.707. The summed E-state index contributed by atoms with van der Waals surface area (Å²) in [5, 5.41) is 0. The maximum atomic E-state index is 12.8. The second-order valence-electron chi connectivity index (χ2n) is 2.69. The molecular weight excluding hydrogens is 173 g/mol. The summed E-state index contributed by atoms with van der Waals surface area (Å²) in [7, 11) is 0.